The number of ketones is 1. The Bertz CT molecular complexity index is 571. The molecule has 0 saturated carbocycles. The number of rotatable bonds is 4. The minimum absolute atomic E-state index is 0.0748. The number of ether oxygens (including phenoxy) is 3. The summed E-state index contributed by atoms with van der Waals surface area (Å²) in [5, 5.41) is 0. The molecule has 1 aromatic carbocycles. The fraction of sp³-hybridized carbons (Fsp3) is 0.467. The molecule has 0 aromatic heterocycles. The van der Waals surface area contributed by atoms with E-state index in [4.69, 9.17) is 14.2 Å². The van der Waals surface area contributed by atoms with Crippen molar-refractivity contribution in [2.75, 3.05) is 26.5 Å². The van der Waals surface area contributed by atoms with Crippen LogP contribution in [0.3, 0.4) is 0 Å². The third kappa shape index (κ3) is 2.85. The van der Waals surface area contributed by atoms with Crippen LogP contribution >= 0.6 is 0 Å². The number of carbonyl (C=O) groups excluding carboxylic acids is 2. The topological polar surface area (TPSA) is 65.1 Å². The SMILES string of the molecule is CCOC(=O)C1CN(Cc2ccc3c(c2)OCO3)CC1=O. The van der Waals surface area contributed by atoms with E-state index in [-0.39, 0.29) is 19.1 Å². The van der Waals surface area contributed by atoms with Crippen LogP contribution in [0.1, 0.15) is 12.5 Å². The summed E-state index contributed by atoms with van der Waals surface area (Å²) in [4.78, 5) is 25.5. The molecule has 1 saturated heterocycles. The minimum Gasteiger partial charge on any atom is -0.465 e. The van der Waals surface area contributed by atoms with Gasteiger partial charge < -0.3 is 14.2 Å². The molecule has 0 N–H and O–H groups in total. The summed E-state index contributed by atoms with van der Waals surface area (Å²) in [6.07, 6.45) is 0. The van der Waals surface area contributed by atoms with Crippen LogP contribution in [0.2, 0.25) is 0 Å². The standard InChI is InChI=1S/C15H17NO5/c1-2-19-15(18)11-7-16(8-12(11)17)6-10-3-4-13-14(5-10)21-9-20-13/h3-5,11H,2,6-9H2,1H3. The van der Waals surface area contributed by atoms with Gasteiger partial charge in [-0.15, -0.1) is 0 Å². The molecule has 0 bridgehead atoms. The van der Waals surface area contributed by atoms with Gasteiger partial charge in [-0.1, -0.05) is 6.07 Å². The number of likely N-dealkylation sites (tertiary alicyclic amines) is 1. The Morgan fingerprint density at radius 2 is 2.19 bits per heavy atom. The van der Waals surface area contributed by atoms with Crippen LogP contribution in [0.25, 0.3) is 0 Å². The van der Waals surface area contributed by atoms with Crippen molar-refractivity contribution < 1.29 is 23.8 Å². The van der Waals surface area contributed by atoms with Gasteiger partial charge in [-0.2, -0.15) is 0 Å². The second kappa shape index (κ2) is 5.73. The second-order valence-corrected chi connectivity index (χ2v) is 5.13. The predicted molar refractivity (Wildman–Crippen MR) is 73.0 cm³/mol. The molecule has 1 unspecified atom stereocenters. The van der Waals surface area contributed by atoms with Crippen LogP contribution < -0.4 is 9.47 Å². The molecule has 21 heavy (non-hydrogen) atoms. The number of hydrogen-bond acceptors (Lipinski definition) is 6. The van der Waals surface area contributed by atoms with Crippen molar-refractivity contribution in [3.63, 3.8) is 0 Å². The molecule has 6 nitrogen and oxygen atoms in total. The summed E-state index contributed by atoms with van der Waals surface area (Å²) >= 11 is 0. The van der Waals surface area contributed by atoms with E-state index in [0.29, 0.717) is 19.7 Å². The highest BCUT2D eigenvalue weighted by Gasteiger charge is 2.37. The van der Waals surface area contributed by atoms with Crippen molar-refractivity contribution in [3.8, 4) is 11.5 Å². The van der Waals surface area contributed by atoms with E-state index in [1.165, 1.54) is 0 Å². The molecule has 1 fully saturated rings. The summed E-state index contributed by atoms with van der Waals surface area (Å²) in [6, 6.07) is 5.71. The van der Waals surface area contributed by atoms with Gasteiger partial charge >= 0.3 is 5.97 Å². The molecule has 2 aliphatic heterocycles. The Morgan fingerprint density at radius 1 is 1.38 bits per heavy atom. The van der Waals surface area contributed by atoms with E-state index in [0.717, 1.165) is 17.1 Å². The van der Waals surface area contributed by atoms with Crippen LogP contribution in [0, 0.1) is 5.92 Å². The number of fused-ring (bicyclic) bond motifs is 1. The van der Waals surface area contributed by atoms with Crippen LogP contribution in [-0.2, 0) is 20.9 Å². The highest BCUT2D eigenvalue weighted by Crippen LogP contribution is 2.33. The zero-order valence-corrected chi connectivity index (χ0v) is 11.8. The first-order valence-corrected chi connectivity index (χ1v) is 6.97. The number of hydrogen-bond donors (Lipinski definition) is 0. The van der Waals surface area contributed by atoms with E-state index in [1.807, 2.05) is 23.1 Å². The fourth-order valence-electron chi connectivity index (χ4n) is 2.62. The summed E-state index contributed by atoms with van der Waals surface area (Å²) in [5.74, 6) is 0.310. The van der Waals surface area contributed by atoms with Gasteiger partial charge in [-0.3, -0.25) is 14.5 Å². The van der Waals surface area contributed by atoms with Crippen LogP contribution in [0.15, 0.2) is 18.2 Å². The molecule has 0 radical (unpaired) electrons. The Kier molecular flexibility index (Phi) is 3.79. The number of benzene rings is 1. The first-order valence-electron chi connectivity index (χ1n) is 6.97. The minimum atomic E-state index is -0.654. The molecule has 2 aliphatic rings. The molecule has 6 heteroatoms. The van der Waals surface area contributed by atoms with Crippen molar-refractivity contribution in [2.24, 2.45) is 5.92 Å². The summed E-state index contributed by atoms with van der Waals surface area (Å²) in [7, 11) is 0. The molecule has 0 amide bonds. The van der Waals surface area contributed by atoms with Crippen molar-refractivity contribution in [2.45, 2.75) is 13.5 Å². The van der Waals surface area contributed by atoms with Crippen molar-refractivity contribution in [3.05, 3.63) is 23.8 Å². The molecule has 0 spiro atoms. The summed E-state index contributed by atoms with van der Waals surface area (Å²) in [5.41, 5.74) is 1.02. The summed E-state index contributed by atoms with van der Waals surface area (Å²) < 4.78 is 15.5. The molecular weight excluding hydrogens is 274 g/mol. The zero-order valence-electron chi connectivity index (χ0n) is 11.8. The summed E-state index contributed by atoms with van der Waals surface area (Å²) in [6.45, 7) is 3.56. The predicted octanol–water partition coefficient (Wildman–Crippen LogP) is 0.979. The number of esters is 1. The maximum absolute atomic E-state index is 11.9. The molecule has 3 rings (SSSR count). The number of carbonyl (C=O) groups is 2. The van der Waals surface area contributed by atoms with Gasteiger partial charge in [0.15, 0.2) is 17.3 Å². The van der Waals surface area contributed by atoms with Gasteiger partial charge in [0, 0.05) is 13.1 Å². The highest BCUT2D eigenvalue weighted by atomic mass is 16.7. The van der Waals surface area contributed by atoms with Gasteiger partial charge in [0.05, 0.1) is 13.2 Å². The van der Waals surface area contributed by atoms with E-state index in [1.54, 1.807) is 6.92 Å². The van der Waals surface area contributed by atoms with E-state index < -0.39 is 11.9 Å². The average Bonchev–Trinajstić information content (AvgIpc) is 3.05. The largest absolute Gasteiger partial charge is 0.465 e. The second-order valence-electron chi connectivity index (χ2n) is 5.13. The molecular formula is C15H17NO5. The van der Waals surface area contributed by atoms with Crippen LogP contribution in [-0.4, -0.2) is 43.1 Å². The van der Waals surface area contributed by atoms with E-state index >= 15 is 0 Å². The maximum Gasteiger partial charge on any atom is 0.317 e. The number of Topliss-reactive ketones (excluding diaryl/α,β-unsaturated/α-hetero) is 1. The molecule has 112 valence electrons. The van der Waals surface area contributed by atoms with E-state index in [2.05, 4.69) is 0 Å². The Labute approximate surface area is 122 Å². The van der Waals surface area contributed by atoms with Gasteiger partial charge in [0.1, 0.15) is 5.92 Å². The Balaban J connectivity index is 1.64. The normalized spacial score (nSPS) is 20.8. The van der Waals surface area contributed by atoms with Gasteiger partial charge in [-0.05, 0) is 24.6 Å². The van der Waals surface area contributed by atoms with Crippen LogP contribution in [0.5, 0.6) is 11.5 Å². The lowest BCUT2D eigenvalue weighted by atomic mass is 10.1. The molecule has 1 atom stereocenters. The lowest BCUT2D eigenvalue weighted by Crippen LogP contribution is -2.25. The van der Waals surface area contributed by atoms with Gasteiger partial charge in [0.2, 0.25) is 6.79 Å². The number of nitrogens with zero attached hydrogens (tertiary/aromatic N) is 1. The quantitative estimate of drug-likeness (QED) is 0.608. The Hall–Kier alpha value is -2.08. The Morgan fingerprint density at radius 3 is 3.00 bits per heavy atom. The van der Waals surface area contributed by atoms with E-state index in [9.17, 15) is 9.59 Å². The van der Waals surface area contributed by atoms with Crippen molar-refractivity contribution in [1.82, 2.24) is 4.90 Å². The first kappa shape index (κ1) is 13.9. The lowest BCUT2D eigenvalue weighted by Gasteiger charge is -2.14. The maximum atomic E-state index is 11.9. The van der Waals surface area contributed by atoms with Gasteiger partial charge in [0.25, 0.3) is 0 Å². The highest BCUT2D eigenvalue weighted by molar-refractivity contribution is 6.01. The molecule has 2 heterocycles. The monoisotopic (exact) mass is 291 g/mol. The van der Waals surface area contributed by atoms with Crippen LogP contribution in [0.4, 0.5) is 0 Å². The molecule has 1 aromatic rings. The smallest absolute Gasteiger partial charge is 0.317 e. The first-order chi connectivity index (χ1) is 10.2. The fourth-order valence-corrected chi connectivity index (χ4v) is 2.62. The van der Waals surface area contributed by atoms with Crippen molar-refractivity contribution >= 4 is 11.8 Å². The van der Waals surface area contributed by atoms with Crippen molar-refractivity contribution in [1.29, 1.82) is 0 Å². The molecule has 0 aliphatic carbocycles. The third-order valence-corrected chi connectivity index (χ3v) is 3.62. The average molecular weight is 291 g/mol. The lowest BCUT2D eigenvalue weighted by molar-refractivity contribution is -0.149. The zero-order chi connectivity index (χ0) is 14.8. The van der Waals surface area contributed by atoms with Gasteiger partial charge in [-0.25, -0.2) is 0 Å². The third-order valence-electron chi connectivity index (χ3n) is 3.62.